The second kappa shape index (κ2) is 41.9. The molecule has 0 saturated carbocycles. The van der Waals surface area contributed by atoms with Crippen LogP contribution in [0, 0.1) is 16.7 Å². The number of fused-ring (bicyclic) bond motifs is 1. The first-order valence-electron chi connectivity index (χ1n) is 34.8. The Labute approximate surface area is 618 Å². The summed E-state index contributed by atoms with van der Waals surface area (Å²) in [5.41, 5.74) is 12.9. The number of rotatable bonds is 41. The first-order valence-corrected chi connectivity index (χ1v) is 35.2. The molecule has 32 nitrogen and oxygen atoms in total. The van der Waals surface area contributed by atoms with Gasteiger partial charge in [0.15, 0.2) is 17.7 Å². The van der Waals surface area contributed by atoms with Crippen LogP contribution in [0.15, 0.2) is 116 Å². The van der Waals surface area contributed by atoms with Crippen LogP contribution in [0.25, 0.3) is 10.8 Å². The summed E-state index contributed by atoms with van der Waals surface area (Å²) in [6.45, 7) is 5.04. The molecule has 0 unspecified atom stereocenters. The summed E-state index contributed by atoms with van der Waals surface area (Å²) in [5, 5.41) is 66.8. The molecule has 570 valence electrons. The first kappa shape index (κ1) is 83.7. The molecule has 4 aromatic carbocycles. The second-order valence-electron chi connectivity index (χ2n) is 26.2. The molecule has 0 spiro atoms. The van der Waals surface area contributed by atoms with E-state index in [0.29, 0.717) is 33.9 Å². The van der Waals surface area contributed by atoms with E-state index in [0.717, 1.165) is 10.8 Å². The zero-order valence-electron chi connectivity index (χ0n) is 59.8. The summed E-state index contributed by atoms with van der Waals surface area (Å²) in [6, 6.07) is 14.3. The number of nitrogens with two attached hydrogens (primary N) is 2. The third-order valence-corrected chi connectivity index (χ3v) is 17.6. The molecule has 33 heteroatoms. The zero-order chi connectivity index (χ0) is 77.6. The van der Waals surface area contributed by atoms with Gasteiger partial charge in [-0.25, -0.2) is 0 Å². The second-order valence-corrected chi connectivity index (χ2v) is 26.6. The number of Topliss-reactive ketones (excluding diaryl/α,β-unsaturated/α-hetero) is 1. The molecule has 1 aliphatic heterocycles. The maximum Gasteiger partial charge on any atom is 0.325 e. The van der Waals surface area contributed by atoms with Crippen LogP contribution in [-0.2, 0) is 72.0 Å². The van der Waals surface area contributed by atoms with E-state index in [1.807, 2.05) is 42.5 Å². The minimum Gasteiger partial charge on any atom is -0.497 e. The van der Waals surface area contributed by atoms with Gasteiger partial charge >= 0.3 is 5.97 Å². The highest BCUT2D eigenvalue weighted by Gasteiger charge is 2.40. The third-order valence-electron chi connectivity index (χ3n) is 17.4. The number of carbonyl (C=O) groups is 12. The number of carbonyl (C=O) groups excluding carboxylic acids is 11. The summed E-state index contributed by atoms with van der Waals surface area (Å²) in [6.07, 6.45) is 2.00. The van der Waals surface area contributed by atoms with E-state index in [2.05, 4.69) is 63.5 Å². The highest BCUT2D eigenvalue weighted by atomic mass is 35.5. The quantitative estimate of drug-likeness (QED) is 0.0110. The Morgan fingerprint density at radius 1 is 0.585 bits per heavy atom. The highest BCUT2D eigenvalue weighted by Crippen LogP contribution is 2.23. The monoisotopic (exact) mass is 1490 g/mol. The first-order chi connectivity index (χ1) is 50.5. The molecule has 19 N–H and O–H groups in total. The number of carboxylic acids is 1. The van der Waals surface area contributed by atoms with Crippen molar-refractivity contribution in [2.45, 2.75) is 165 Å². The van der Waals surface area contributed by atoms with E-state index in [4.69, 9.17) is 38.6 Å². The predicted octanol–water partition coefficient (Wildman–Crippen LogP) is 0.631. The number of guanidine groups is 2. The fraction of sp³-hybridized carbons (Fsp3) is 0.438. The van der Waals surface area contributed by atoms with Crippen LogP contribution in [0.2, 0.25) is 5.02 Å². The molecule has 1 fully saturated rings. The van der Waals surface area contributed by atoms with Crippen LogP contribution >= 0.6 is 11.6 Å². The number of pyridine rings is 1. The lowest BCUT2D eigenvalue weighted by molar-refractivity contribution is -0.144. The molecule has 0 radical (unpaired) electrons. The summed E-state index contributed by atoms with van der Waals surface area (Å²) >= 11 is 6.23. The Kier molecular flexibility index (Phi) is 33.0. The number of hydrogen-bond donors (Lipinski definition) is 17. The van der Waals surface area contributed by atoms with Gasteiger partial charge in [0.1, 0.15) is 66.2 Å². The maximum absolute atomic E-state index is 14.9. The van der Waals surface area contributed by atoms with E-state index in [1.165, 1.54) is 50.4 Å². The number of benzene rings is 4. The molecule has 10 amide bonds. The number of aromatic nitrogens is 1. The maximum atomic E-state index is 14.9. The number of ether oxygens (including phenoxy) is 1. The van der Waals surface area contributed by atoms with Gasteiger partial charge in [-0.3, -0.25) is 73.3 Å². The lowest BCUT2D eigenvalue weighted by Crippen LogP contribution is -2.61. The lowest BCUT2D eigenvalue weighted by Gasteiger charge is -2.31. The van der Waals surface area contributed by atoms with Gasteiger partial charge in [0.2, 0.25) is 59.1 Å². The normalized spacial score (nSPS) is 15.0. The molecular weight excluding hydrogens is 1390 g/mol. The molecule has 1 aromatic heterocycles. The van der Waals surface area contributed by atoms with E-state index in [1.54, 1.807) is 62.4 Å². The van der Waals surface area contributed by atoms with Crippen molar-refractivity contribution in [1.29, 1.82) is 10.8 Å². The third kappa shape index (κ3) is 27.1. The fourth-order valence-electron chi connectivity index (χ4n) is 11.8. The number of aliphatic hydroxyl groups excluding tert-OH is 1. The van der Waals surface area contributed by atoms with Crippen LogP contribution in [0.4, 0.5) is 0 Å². The van der Waals surface area contributed by atoms with Gasteiger partial charge in [-0.15, -0.1) is 0 Å². The van der Waals surface area contributed by atoms with Crippen molar-refractivity contribution in [1.82, 2.24) is 68.4 Å². The van der Waals surface area contributed by atoms with Gasteiger partial charge in [0, 0.05) is 75.2 Å². The van der Waals surface area contributed by atoms with E-state index < -0.39 is 150 Å². The Hall–Kier alpha value is -11.3. The van der Waals surface area contributed by atoms with Crippen molar-refractivity contribution in [2.75, 3.05) is 33.4 Å². The van der Waals surface area contributed by atoms with Crippen LogP contribution in [0.3, 0.4) is 0 Å². The number of likely N-dealkylation sites (tertiary alicyclic amines) is 1. The van der Waals surface area contributed by atoms with Crippen molar-refractivity contribution in [2.24, 2.45) is 17.4 Å². The number of hydrogen-bond acceptors (Lipinski definition) is 17. The molecule has 0 bridgehead atoms. The fourth-order valence-corrected chi connectivity index (χ4v) is 11.9. The molecular formula is C73H96ClN17O15. The predicted molar refractivity (Wildman–Crippen MR) is 393 cm³/mol. The number of nitrogens with zero attached hydrogens (tertiary/aromatic N) is 2. The molecule has 1 aliphatic rings. The topological polar surface area (TPSA) is 503 Å². The Balaban J connectivity index is 1.27. The SMILES string of the molecule is COc1ccc(C(=O)CC[C@@H](NC(=O)[C@H](CCCNC(=N)N)NC(=O)[C@H](CO)NC(=O)[C@@H](Cc2cccnc2)NC(=O)[C@@H](Cc2ccc(Cl)cc2)NC(=O)[C@@H](Cc2ccc3ccccc3c2)NC(C)=O)C(=O)N[C@@H](CC(C)C)C(=O)N[C@@H](CCCNC(=N)N)C(=O)N2CCC[C@H]2C(=O)N[C@H](C)C(=O)O)cc1. The van der Waals surface area contributed by atoms with Crippen LogP contribution in [-0.4, -0.2) is 197 Å². The van der Waals surface area contributed by atoms with Crippen molar-refractivity contribution >= 4 is 105 Å². The van der Waals surface area contributed by atoms with Gasteiger partial charge < -0.3 is 89.8 Å². The highest BCUT2D eigenvalue weighted by molar-refractivity contribution is 6.30. The van der Waals surface area contributed by atoms with Gasteiger partial charge in [0.05, 0.1) is 13.7 Å². The summed E-state index contributed by atoms with van der Waals surface area (Å²) < 4.78 is 5.25. The number of carboxylic acid groups (broad SMARTS) is 1. The van der Waals surface area contributed by atoms with E-state index >= 15 is 0 Å². The minimum atomic E-state index is -1.86. The minimum absolute atomic E-state index is 0.00843. The van der Waals surface area contributed by atoms with Gasteiger partial charge in [-0.1, -0.05) is 86.1 Å². The number of ketones is 1. The van der Waals surface area contributed by atoms with Gasteiger partial charge in [-0.2, -0.15) is 0 Å². The van der Waals surface area contributed by atoms with Crippen LogP contribution < -0.4 is 74.7 Å². The smallest absolute Gasteiger partial charge is 0.325 e. The number of aliphatic carboxylic acids is 1. The van der Waals surface area contributed by atoms with Crippen molar-refractivity contribution in [3.8, 4) is 5.75 Å². The zero-order valence-corrected chi connectivity index (χ0v) is 60.5. The molecule has 1 saturated heterocycles. The van der Waals surface area contributed by atoms with Crippen molar-refractivity contribution in [3.05, 3.63) is 143 Å². The number of amides is 10. The standard InChI is InChI=1S/C73H96ClN17O15/c1-41(2)34-55(64(97)86-54(16-10-32-81-73(77)78)70(103)91-33-11-17-60(91)69(102)82-42(3)71(104)105)87-63(96)53(28-29-61(94)48-22-26-51(106-5)27-23-48)85-62(95)52(15-9-31-80-72(75)76)84-68(101)59(40-92)90-67(100)58(38-46-12-8-30-79-39-46)89-66(99)57(36-44-19-24-50(74)25-20-44)88-65(98)56(83-43(4)93)37-45-18-21-47-13-6-7-14-49(47)35-45/h6-8,12-14,18-27,30,35,39,41-42,52-60,92H,9-11,15-17,28-29,31-34,36-38,40H2,1-5H3,(H,82,102)(H,83,93)(H,84,101)(H,85,95)(H,86,97)(H,87,96)(H,88,98)(H,89,99)(H,90,100)(H,104,105)(H4,75,76,80)(H4,77,78,81)/t42-,52+,53-,54+,55+,56-,57-,58-,59+,60+/m1/s1. The number of methoxy groups -OCH3 is 1. The summed E-state index contributed by atoms with van der Waals surface area (Å²) in [4.78, 5) is 175. The van der Waals surface area contributed by atoms with Gasteiger partial charge in [0.25, 0.3) is 0 Å². The van der Waals surface area contributed by atoms with Crippen molar-refractivity contribution in [3.63, 3.8) is 0 Å². The number of halogens is 1. The molecule has 10 atom stereocenters. The van der Waals surface area contributed by atoms with Crippen molar-refractivity contribution < 1.29 is 72.5 Å². The molecule has 0 aliphatic carbocycles. The average Bonchev–Trinajstić information content (AvgIpc) is 1.47. The summed E-state index contributed by atoms with van der Waals surface area (Å²) in [7, 11) is 1.44. The lowest BCUT2D eigenvalue weighted by atomic mass is 9.99. The largest absolute Gasteiger partial charge is 0.497 e. The Bertz CT molecular complexity index is 3910. The van der Waals surface area contributed by atoms with Gasteiger partial charge in [-0.05, 0) is 134 Å². The average molecular weight is 1490 g/mol. The van der Waals surface area contributed by atoms with Crippen LogP contribution in [0.5, 0.6) is 5.75 Å². The summed E-state index contributed by atoms with van der Waals surface area (Å²) in [5.74, 6) is -11.1. The molecule has 106 heavy (non-hydrogen) atoms. The van der Waals surface area contributed by atoms with Crippen LogP contribution in [0.1, 0.15) is 113 Å². The van der Waals surface area contributed by atoms with E-state index in [9.17, 15) is 67.7 Å². The molecule has 2 heterocycles. The molecule has 5 aromatic rings. The molecule has 6 rings (SSSR count). The number of nitrogens with one attached hydrogen (secondary N) is 13. The number of aliphatic hydroxyl groups is 1. The Morgan fingerprint density at radius 2 is 1.08 bits per heavy atom. The van der Waals surface area contributed by atoms with E-state index in [-0.39, 0.29) is 101 Å². The Morgan fingerprint density at radius 3 is 1.64 bits per heavy atom.